The molecule has 0 aromatic rings. The molecule has 1 aliphatic heterocycles. The Morgan fingerprint density at radius 3 is 0.318 bits per heavy atom. The van der Waals surface area contributed by atoms with Gasteiger partial charge in [0.1, 0.15) is 0 Å². The second-order valence-corrected chi connectivity index (χ2v) is 4.41. The van der Waals surface area contributed by atoms with Crippen LogP contribution in [0.1, 0.15) is 222 Å². The standard InChI is InChI=1S/C12H28N4.12C2H6.4CH4/c1-5-13-7-2-9-15-11-4-12-16-10-3-8-14-6-1;12*1-2;;;;/h13-16H,1-12H2;12*1-2H3;4*1H4. The van der Waals surface area contributed by atoms with Gasteiger partial charge in [-0.3, -0.25) is 0 Å². The first-order chi connectivity index (χ1) is 20.0. The fraction of sp³-hybridized carbons (Fsp3) is 1.00. The fourth-order valence-electron chi connectivity index (χ4n) is 1.85. The van der Waals surface area contributed by atoms with Gasteiger partial charge in [-0.1, -0.05) is 196 Å². The smallest absolute Gasteiger partial charge is 0.00368 e. The first kappa shape index (κ1) is 104. The van der Waals surface area contributed by atoms with Crippen LogP contribution in [0.2, 0.25) is 0 Å². The van der Waals surface area contributed by atoms with Crippen LogP contribution in [0.15, 0.2) is 0 Å². The van der Waals surface area contributed by atoms with E-state index in [0.717, 1.165) is 52.4 Å². The first-order valence-corrected chi connectivity index (χ1v) is 18.8. The van der Waals surface area contributed by atoms with Crippen LogP contribution >= 0.6 is 0 Å². The largest absolute Gasteiger partial charge is 0.317 e. The summed E-state index contributed by atoms with van der Waals surface area (Å²) in [6.45, 7) is 57.2. The molecule has 4 heteroatoms. The molecule has 0 amide bonds. The lowest BCUT2D eigenvalue weighted by Crippen LogP contribution is -2.29. The van der Waals surface area contributed by atoms with Crippen molar-refractivity contribution in [3.05, 3.63) is 0 Å². The topological polar surface area (TPSA) is 48.1 Å². The molecule has 1 heterocycles. The van der Waals surface area contributed by atoms with Crippen molar-refractivity contribution < 1.29 is 0 Å². The Bertz CT molecular complexity index is 83.3. The van der Waals surface area contributed by atoms with Crippen molar-refractivity contribution in [2.75, 3.05) is 52.4 Å². The fourth-order valence-corrected chi connectivity index (χ4v) is 1.85. The maximum absolute atomic E-state index is 3.47. The summed E-state index contributed by atoms with van der Waals surface area (Å²) in [7, 11) is 0. The minimum absolute atomic E-state index is 0. The zero-order valence-corrected chi connectivity index (χ0v) is 34.5. The van der Waals surface area contributed by atoms with Crippen molar-refractivity contribution in [3.63, 3.8) is 0 Å². The number of rotatable bonds is 0. The molecule has 0 unspecified atom stereocenters. The normalized spacial score (nSPS) is 10.4. The minimum atomic E-state index is 0. The van der Waals surface area contributed by atoms with Gasteiger partial charge < -0.3 is 21.3 Å². The number of hydrogen-bond acceptors (Lipinski definition) is 4. The van der Waals surface area contributed by atoms with Gasteiger partial charge in [-0.05, 0) is 78.0 Å². The van der Waals surface area contributed by atoms with Gasteiger partial charge in [-0.15, -0.1) is 0 Å². The Kier molecular flexibility index (Phi) is 705. The molecule has 0 aromatic carbocycles. The summed E-state index contributed by atoms with van der Waals surface area (Å²) in [6.07, 6.45) is 4.95. The average Bonchev–Trinajstić information content (AvgIpc) is 3.12. The van der Waals surface area contributed by atoms with Crippen LogP contribution in [0, 0.1) is 0 Å². The van der Waals surface area contributed by atoms with Gasteiger partial charge in [0.25, 0.3) is 0 Å². The van der Waals surface area contributed by atoms with E-state index in [1.54, 1.807) is 0 Å². The molecular formula is C40H116N4. The first-order valence-electron chi connectivity index (χ1n) is 18.8. The Balaban J connectivity index is -0.0000000171. The molecule has 4 N–H and O–H groups in total. The molecule has 1 aliphatic rings. The van der Waals surface area contributed by atoms with Crippen molar-refractivity contribution in [1.29, 1.82) is 0 Å². The van der Waals surface area contributed by atoms with Crippen LogP contribution in [-0.2, 0) is 0 Å². The number of hydrogen-bond donors (Lipinski definition) is 4. The summed E-state index contributed by atoms with van der Waals surface area (Å²) in [6, 6.07) is 0. The highest BCUT2D eigenvalue weighted by atomic mass is 14.9. The lowest BCUT2D eigenvalue weighted by molar-refractivity contribution is 0.527. The predicted octanol–water partition coefficient (Wildman–Crippen LogP) is 14.8. The van der Waals surface area contributed by atoms with Crippen LogP contribution in [0.4, 0.5) is 0 Å². The quantitative estimate of drug-likeness (QED) is 0.210. The SMILES string of the molecule is C.C.C.C.C1CNCCCNCCCNCCCNC1.CC.CC.CC.CC.CC.CC.CC.CC.CC.CC.CC.CC. The maximum atomic E-state index is 3.47. The van der Waals surface area contributed by atoms with Crippen LogP contribution in [0.3, 0.4) is 0 Å². The van der Waals surface area contributed by atoms with Gasteiger partial charge in [-0.2, -0.15) is 0 Å². The summed E-state index contributed by atoms with van der Waals surface area (Å²) in [5, 5.41) is 13.9. The van der Waals surface area contributed by atoms with Crippen LogP contribution < -0.4 is 21.3 Å². The van der Waals surface area contributed by atoms with Crippen LogP contribution in [0.5, 0.6) is 0 Å². The second-order valence-electron chi connectivity index (χ2n) is 4.41. The zero-order chi connectivity index (χ0) is 35.3. The van der Waals surface area contributed by atoms with E-state index in [-0.39, 0.29) is 29.7 Å². The van der Waals surface area contributed by atoms with Gasteiger partial charge in [0.2, 0.25) is 0 Å². The molecule has 0 bridgehead atoms. The van der Waals surface area contributed by atoms with Crippen LogP contribution in [0.25, 0.3) is 0 Å². The highest BCUT2D eigenvalue weighted by molar-refractivity contribution is 4.58. The van der Waals surface area contributed by atoms with Gasteiger partial charge in [0.15, 0.2) is 0 Å². The average molecular weight is 653 g/mol. The summed E-state index contributed by atoms with van der Waals surface area (Å²) >= 11 is 0. The Labute approximate surface area is 294 Å². The lowest BCUT2D eigenvalue weighted by atomic mass is 10.3. The Hall–Kier alpha value is -0.160. The molecule has 1 saturated heterocycles. The highest BCUT2D eigenvalue weighted by Gasteiger charge is 1.93. The molecule has 0 aliphatic carbocycles. The molecule has 0 atom stereocenters. The highest BCUT2D eigenvalue weighted by Crippen LogP contribution is 1.81. The molecule has 1 fully saturated rings. The van der Waals surface area contributed by atoms with E-state index < -0.39 is 0 Å². The van der Waals surface area contributed by atoms with Crippen molar-refractivity contribution in [2.24, 2.45) is 0 Å². The van der Waals surface area contributed by atoms with E-state index in [4.69, 9.17) is 0 Å². The molecule has 44 heavy (non-hydrogen) atoms. The van der Waals surface area contributed by atoms with E-state index in [2.05, 4.69) is 21.3 Å². The van der Waals surface area contributed by atoms with E-state index >= 15 is 0 Å². The van der Waals surface area contributed by atoms with Gasteiger partial charge in [-0.25, -0.2) is 0 Å². The van der Waals surface area contributed by atoms with Crippen molar-refractivity contribution in [3.8, 4) is 0 Å². The van der Waals surface area contributed by atoms with Crippen molar-refractivity contribution >= 4 is 0 Å². The molecular weight excluding hydrogens is 536 g/mol. The third-order valence-electron chi connectivity index (χ3n) is 2.83. The summed E-state index contributed by atoms with van der Waals surface area (Å²) in [5.41, 5.74) is 0. The minimum Gasteiger partial charge on any atom is -0.317 e. The second kappa shape index (κ2) is 299. The van der Waals surface area contributed by atoms with Crippen molar-refractivity contribution in [2.45, 2.75) is 222 Å². The van der Waals surface area contributed by atoms with Gasteiger partial charge >= 0.3 is 0 Å². The van der Waals surface area contributed by atoms with Crippen LogP contribution in [-0.4, -0.2) is 52.4 Å². The molecule has 0 spiro atoms. The Morgan fingerprint density at radius 1 is 0.182 bits per heavy atom. The summed E-state index contributed by atoms with van der Waals surface area (Å²) in [5.74, 6) is 0. The molecule has 0 saturated carbocycles. The van der Waals surface area contributed by atoms with E-state index in [9.17, 15) is 0 Å². The molecule has 0 radical (unpaired) electrons. The van der Waals surface area contributed by atoms with Gasteiger partial charge in [0, 0.05) is 0 Å². The predicted molar refractivity (Wildman–Crippen MR) is 233 cm³/mol. The summed E-state index contributed by atoms with van der Waals surface area (Å²) in [4.78, 5) is 0. The monoisotopic (exact) mass is 653 g/mol. The lowest BCUT2D eigenvalue weighted by Gasteiger charge is -2.09. The van der Waals surface area contributed by atoms with Crippen molar-refractivity contribution in [1.82, 2.24) is 21.3 Å². The molecule has 1 rings (SSSR count). The maximum Gasteiger partial charge on any atom is -0.00368 e. The molecule has 0 aromatic heterocycles. The van der Waals surface area contributed by atoms with E-state index in [1.165, 1.54) is 25.7 Å². The third-order valence-corrected chi connectivity index (χ3v) is 2.83. The number of nitrogens with one attached hydrogen (secondary N) is 4. The van der Waals surface area contributed by atoms with E-state index in [1.807, 2.05) is 166 Å². The summed E-state index contributed by atoms with van der Waals surface area (Å²) < 4.78 is 0. The molecule has 296 valence electrons. The molecule has 4 nitrogen and oxygen atoms in total. The van der Waals surface area contributed by atoms with E-state index in [0.29, 0.717) is 0 Å². The zero-order valence-electron chi connectivity index (χ0n) is 34.5. The Morgan fingerprint density at radius 2 is 0.250 bits per heavy atom. The van der Waals surface area contributed by atoms with Gasteiger partial charge in [0.05, 0.1) is 0 Å². The third kappa shape index (κ3) is 278.